The van der Waals surface area contributed by atoms with Crippen molar-refractivity contribution in [3.05, 3.63) is 47.9 Å². The van der Waals surface area contributed by atoms with Crippen LogP contribution in [-0.4, -0.2) is 11.1 Å². The first-order valence-corrected chi connectivity index (χ1v) is 5.11. The largest absolute Gasteiger partial charge is 0.444 e. The molecule has 0 saturated heterocycles. The van der Waals surface area contributed by atoms with Crippen molar-refractivity contribution in [3.8, 4) is 6.07 Å². The lowest BCUT2D eigenvalue weighted by atomic mass is 10.2. The Balaban J connectivity index is 1.84. The Morgan fingerprint density at radius 3 is 2.89 bits per heavy atom. The maximum absolute atomic E-state index is 11.4. The van der Waals surface area contributed by atoms with Gasteiger partial charge >= 0.3 is 12.1 Å². The van der Waals surface area contributed by atoms with Crippen molar-refractivity contribution in [1.82, 2.24) is 4.98 Å². The van der Waals surface area contributed by atoms with E-state index < -0.39 is 6.09 Å². The number of hydrogen-bond acceptors (Lipinski definition) is 5. The average Bonchev–Trinajstić information content (AvgIpc) is 2.85. The van der Waals surface area contributed by atoms with Crippen LogP contribution in [-0.2, 0) is 11.3 Å². The van der Waals surface area contributed by atoms with Gasteiger partial charge in [0.25, 0.3) is 0 Å². The summed E-state index contributed by atoms with van der Waals surface area (Å²) in [4.78, 5) is 15.0. The zero-order valence-corrected chi connectivity index (χ0v) is 9.29. The highest BCUT2D eigenvalue weighted by Crippen LogP contribution is 2.08. The number of nitriles is 1. The summed E-state index contributed by atoms with van der Waals surface area (Å²) >= 11 is 0. The Hall–Kier alpha value is -2.81. The number of anilines is 1. The quantitative estimate of drug-likeness (QED) is 0.893. The van der Waals surface area contributed by atoms with E-state index in [2.05, 4.69) is 10.3 Å². The van der Waals surface area contributed by atoms with Gasteiger partial charge in [-0.1, -0.05) is 30.3 Å². The summed E-state index contributed by atoms with van der Waals surface area (Å²) in [7, 11) is 0. The van der Waals surface area contributed by atoms with Crippen LogP contribution in [0.2, 0.25) is 0 Å². The molecule has 0 fully saturated rings. The normalized spacial score (nSPS) is 9.50. The first kappa shape index (κ1) is 11.7. The molecule has 0 spiro atoms. The minimum atomic E-state index is -0.690. The predicted octanol–water partition coefficient (Wildman–Crippen LogP) is 2.29. The topological polar surface area (TPSA) is 88.2 Å². The molecule has 1 aromatic heterocycles. The monoisotopic (exact) mass is 243 g/mol. The number of nitrogens with zero attached hydrogens (tertiary/aromatic N) is 2. The summed E-state index contributed by atoms with van der Waals surface area (Å²) in [6.45, 7) is 0.151. The van der Waals surface area contributed by atoms with Gasteiger partial charge in [0, 0.05) is 0 Å². The molecule has 0 atom stereocenters. The van der Waals surface area contributed by atoms with Gasteiger partial charge in [-0.25, -0.2) is 15.1 Å². The molecule has 2 aromatic rings. The third kappa shape index (κ3) is 3.09. The van der Waals surface area contributed by atoms with E-state index >= 15 is 0 Å². The van der Waals surface area contributed by atoms with Crippen molar-refractivity contribution >= 4 is 12.1 Å². The van der Waals surface area contributed by atoms with Gasteiger partial charge in [0.1, 0.15) is 12.7 Å². The molecule has 1 N–H and O–H groups in total. The zero-order valence-electron chi connectivity index (χ0n) is 9.29. The van der Waals surface area contributed by atoms with Crippen molar-refractivity contribution < 1.29 is 13.9 Å². The van der Waals surface area contributed by atoms with Gasteiger partial charge in [0.2, 0.25) is 5.76 Å². The maximum atomic E-state index is 11.4. The second kappa shape index (κ2) is 5.50. The first-order valence-electron chi connectivity index (χ1n) is 5.11. The third-order valence-electron chi connectivity index (χ3n) is 2.04. The number of amides is 1. The summed E-state index contributed by atoms with van der Waals surface area (Å²) in [5.74, 6) is 0.0216. The lowest BCUT2D eigenvalue weighted by molar-refractivity contribution is 0.154. The predicted molar refractivity (Wildman–Crippen MR) is 61.5 cm³/mol. The highest BCUT2D eigenvalue weighted by molar-refractivity contribution is 5.81. The highest BCUT2D eigenvalue weighted by atomic mass is 16.6. The second-order valence-electron chi connectivity index (χ2n) is 3.33. The van der Waals surface area contributed by atoms with Gasteiger partial charge in [-0.3, -0.25) is 0 Å². The minimum absolute atomic E-state index is 0.0216. The van der Waals surface area contributed by atoms with E-state index in [1.54, 1.807) is 6.07 Å². The molecule has 90 valence electrons. The average molecular weight is 243 g/mol. The molecule has 1 heterocycles. The summed E-state index contributed by atoms with van der Waals surface area (Å²) in [6.07, 6.45) is 0.525. The van der Waals surface area contributed by atoms with Crippen LogP contribution < -0.4 is 5.32 Å². The van der Waals surface area contributed by atoms with Crippen LogP contribution >= 0.6 is 0 Å². The molecule has 1 amide bonds. The van der Waals surface area contributed by atoms with Gasteiger partial charge in [-0.2, -0.15) is 5.26 Å². The minimum Gasteiger partial charge on any atom is -0.444 e. The molecule has 6 heteroatoms. The third-order valence-corrected chi connectivity index (χ3v) is 2.04. The van der Waals surface area contributed by atoms with Gasteiger partial charge in [-0.05, 0) is 5.56 Å². The Morgan fingerprint density at radius 2 is 2.22 bits per heavy atom. The molecule has 0 unspecified atom stereocenters. The van der Waals surface area contributed by atoms with E-state index in [4.69, 9.17) is 14.4 Å². The van der Waals surface area contributed by atoms with Crippen molar-refractivity contribution in [3.63, 3.8) is 0 Å². The highest BCUT2D eigenvalue weighted by Gasteiger charge is 2.08. The van der Waals surface area contributed by atoms with Gasteiger partial charge in [0.05, 0.1) is 6.20 Å². The SMILES string of the molecule is N#Cc1cnc(NC(=O)OCc2ccccc2)o1. The summed E-state index contributed by atoms with van der Waals surface area (Å²) < 4.78 is 9.81. The second-order valence-corrected chi connectivity index (χ2v) is 3.33. The Kier molecular flexibility index (Phi) is 3.56. The smallest absolute Gasteiger partial charge is 0.415 e. The van der Waals surface area contributed by atoms with Crippen LogP contribution in [0.25, 0.3) is 0 Å². The lowest BCUT2D eigenvalue weighted by Crippen LogP contribution is -2.13. The van der Waals surface area contributed by atoms with Gasteiger partial charge < -0.3 is 9.15 Å². The van der Waals surface area contributed by atoms with Crippen LogP contribution in [0.3, 0.4) is 0 Å². The molecular weight excluding hydrogens is 234 g/mol. The molecule has 0 saturated carbocycles. The fourth-order valence-corrected chi connectivity index (χ4v) is 1.23. The Bertz CT molecular complexity index is 572. The molecule has 1 aromatic carbocycles. The zero-order chi connectivity index (χ0) is 12.8. The van der Waals surface area contributed by atoms with Crippen LogP contribution in [0.4, 0.5) is 10.8 Å². The van der Waals surface area contributed by atoms with Crippen LogP contribution in [0.15, 0.2) is 40.9 Å². The summed E-state index contributed by atoms with van der Waals surface area (Å²) in [5.41, 5.74) is 0.873. The van der Waals surface area contributed by atoms with E-state index in [-0.39, 0.29) is 18.4 Å². The molecule has 2 rings (SSSR count). The van der Waals surface area contributed by atoms with Crippen molar-refractivity contribution in [2.75, 3.05) is 5.32 Å². The first-order chi connectivity index (χ1) is 8.78. The molecule has 0 radical (unpaired) electrons. The molecular formula is C12H9N3O3. The number of aromatic nitrogens is 1. The number of ether oxygens (including phenoxy) is 1. The standard InChI is InChI=1S/C12H9N3O3/c13-6-10-7-14-11(18-10)15-12(16)17-8-9-4-2-1-3-5-9/h1-5,7H,8H2,(H,14,15,16). The van der Waals surface area contributed by atoms with E-state index in [1.807, 2.05) is 30.3 Å². The number of hydrogen-bond donors (Lipinski definition) is 1. The van der Waals surface area contributed by atoms with Gasteiger partial charge in [0.15, 0.2) is 0 Å². The number of rotatable bonds is 3. The molecule has 18 heavy (non-hydrogen) atoms. The maximum Gasteiger partial charge on any atom is 0.415 e. The molecule has 0 aliphatic carbocycles. The summed E-state index contributed by atoms with van der Waals surface area (Å²) in [5, 5.41) is 10.8. The van der Waals surface area contributed by atoms with Crippen molar-refractivity contribution in [2.45, 2.75) is 6.61 Å². The van der Waals surface area contributed by atoms with Crippen LogP contribution in [0.1, 0.15) is 11.3 Å². The number of nitrogens with one attached hydrogen (secondary N) is 1. The van der Waals surface area contributed by atoms with Crippen molar-refractivity contribution in [1.29, 1.82) is 5.26 Å². The molecule has 0 aliphatic rings. The van der Waals surface area contributed by atoms with E-state index in [0.717, 1.165) is 5.56 Å². The number of carbonyl (C=O) groups is 1. The fraction of sp³-hybridized carbons (Fsp3) is 0.0833. The van der Waals surface area contributed by atoms with Crippen LogP contribution in [0.5, 0.6) is 0 Å². The van der Waals surface area contributed by atoms with Crippen molar-refractivity contribution in [2.24, 2.45) is 0 Å². The number of oxazole rings is 1. The molecule has 6 nitrogen and oxygen atoms in total. The van der Waals surface area contributed by atoms with Gasteiger partial charge in [-0.15, -0.1) is 0 Å². The lowest BCUT2D eigenvalue weighted by Gasteiger charge is -2.03. The molecule has 0 bridgehead atoms. The Morgan fingerprint density at radius 1 is 1.44 bits per heavy atom. The number of benzene rings is 1. The van der Waals surface area contributed by atoms with E-state index in [1.165, 1.54) is 6.20 Å². The van der Waals surface area contributed by atoms with E-state index in [9.17, 15) is 4.79 Å². The fourth-order valence-electron chi connectivity index (χ4n) is 1.23. The Labute approximate surface area is 103 Å². The van der Waals surface area contributed by atoms with E-state index in [0.29, 0.717) is 0 Å². The molecule has 0 aliphatic heterocycles. The summed E-state index contributed by atoms with van der Waals surface area (Å²) in [6, 6.07) is 10.9. The number of carbonyl (C=O) groups excluding carboxylic acids is 1. The van der Waals surface area contributed by atoms with Crippen LogP contribution in [0, 0.1) is 11.3 Å².